The van der Waals surface area contributed by atoms with Gasteiger partial charge in [0.15, 0.2) is 15.9 Å². The maximum Gasteiger partial charge on any atom is 0.330 e. The number of hydrogen-bond acceptors (Lipinski definition) is 3. The van der Waals surface area contributed by atoms with Crippen LogP contribution in [0.4, 0.5) is 0 Å². The Labute approximate surface area is 99.1 Å². The van der Waals surface area contributed by atoms with Crippen LogP contribution in [-0.4, -0.2) is 19.1 Å². The summed E-state index contributed by atoms with van der Waals surface area (Å²) in [5.41, 5.74) is 0.00269. The molecule has 0 saturated heterocycles. The maximum atomic E-state index is 11.6. The lowest BCUT2D eigenvalue weighted by Crippen LogP contribution is -2.30. The number of rotatable bonds is 2. The average Bonchev–Trinajstić information content (AvgIpc) is 2.50. The standard InChI is InChI=1S/C9H11BrN4O2/c1-3-4-14-6-5(7(15)12-9(14)16)13(2)8(10)11-6/h3-4H2,1-2H3,(H,12,15,16). The first-order valence-electron chi connectivity index (χ1n) is 4.91. The number of nitrogens with one attached hydrogen (secondary N) is 1. The Bertz CT molecular complexity index is 652. The minimum atomic E-state index is -0.412. The first kappa shape index (κ1) is 11.1. The highest BCUT2D eigenvalue weighted by atomic mass is 79.9. The molecule has 0 aromatic carbocycles. The number of hydrogen-bond donors (Lipinski definition) is 1. The summed E-state index contributed by atoms with van der Waals surface area (Å²) >= 11 is 3.24. The second kappa shape index (κ2) is 3.89. The fourth-order valence-electron chi connectivity index (χ4n) is 1.65. The molecule has 2 aromatic heterocycles. The van der Waals surface area contributed by atoms with Gasteiger partial charge in [-0.1, -0.05) is 6.92 Å². The quantitative estimate of drug-likeness (QED) is 0.822. The summed E-state index contributed by atoms with van der Waals surface area (Å²) in [5.74, 6) is 0. The molecule has 0 aliphatic heterocycles. The minimum Gasteiger partial charge on any atom is -0.316 e. The van der Waals surface area contributed by atoms with E-state index in [1.807, 2.05) is 6.92 Å². The Morgan fingerprint density at radius 3 is 2.75 bits per heavy atom. The highest BCUT2D eigenvalue weighted by molar-refractivity contribution is 9.10. The molecule has 0 bridgehead atoms. The molecule has 2 aromatic rings. The molecule has 0 atom stereocenters. The number of fused-ring (bicyclic) bond motifs is 1. The largest absolute Gasteiger partial charge is 0.330 e. The van der Waals surface area contributed by atoms with E-state index >= 15 is 0 Å². The molecular formula is C9H11BrN4O2. The van der Waals surface area contributed by atoms with Crippen LogP contribution in [0, 0.1) is 0 Å². The lowest BCUT2D eigenvalue weighted by atomic mass is 10.4. The molecule has 0 saturated carbocycles. The molecule has 0 unspecified atom stereocenters. The van der Waals surface area contributed by atoms with E-state index in [4.69, 9.17) is 0 Å². The molecular weight excluding hydrogens is 276 g/mol. The number of imidazole rings is 1. The first-order chi connectivity index (χ1) is 7.56. The Balaban J connectivity index is 2.96. The van der Waals surface area contributed by atoms with Crippen molar-refractivity contribution in [1.82, 2.24) is 19.1 Å². The van der Waals surface area contributed by atoms with Crippen LogP contribution in [0.3, 0.4) is 0 Å². The minimum absolute atomic E-state index is 0.403. The normalized spacial score (nSPS) is 11.2. The van der Waals surface area contributed by atoms with Gasteiger partial charge in [-0.15, -0.1) is 0 Å². The van der Waals surface area contributed by atoms with E-state index in [9.17, 15) is 9.59 Å². The molecule has 6 nitrogen and oxygen atoms in total. The molecule has 2 heterocycles. The second-order valence-electron chi connectivity index (χ2n) is 3.52. The number of nitrogens with zero attached hydrogens (tertiary/aromatic N) is 3. The van der Waals surface area contributed by atoms with Gasteiger partial charge in [-0.05, 0) is 22.4 Å². The van der Waals surface area contributed by atoms with Gasteiger partial charge in [0.1, 0.15) is 0 Å². The number of aromatic amines is 1. The van der Waals surface area contributed by atoms with E-state index in [-0.39, 0.29) is 0 Å². The molecule has 16 heavy (non-hydrogen) atoms. The monoisotopic (exact) mass is 286 g/mol. The van der Waals surface area contributed by atoms with Gasteiger partial charge in [0.2, 0.25) is 0 Å². The third kappa shape index (κ3) is 1.51. The molecule has 0 aliphatic carbocycles. The predicted octanol–water partition coefficient (Wildman–Crippen LogP) is 0.596. The molecule has 0 amide bonds. The van der Waals surface area contributed by atoms with Crippen LogP contribution in [0.2, 0.25) is 0 Å². The highest BCUT2D eigenvalue weighted by Crippen LogP contribution is 2.13. The van der Waals surface area contributed by atoms with Crippen LogP contribution >= 0.6 is 15.9 Å². The zero-order chi connectivity index (χ0) is 11.9. The maximum absolute atomic E-state index is 11.6. The third-order valence-corrected chi connectivity index (χ3v) is 3.12. The van der Waals surface area contributed by atoms with Gasteiger partial charge in [0.05, 0.1) is 0 Å². The number of halogens is 1. The zero-order valence-corrected chi connectivity index (χ0v) is 10.5. The van der Waals surface area contributed by atoms with Crippen molar-refractivity contribution < 1.29 is 0 Å². The Morgan fingerprint density at radius 1 is 1.44 bits per heavy atom. The Hall–Kier alpha value is -1.37. The van der Waals surface area contributed by atoms with Crippen LogP contribution < -0.4 is 11.2 Å². The van der Waals surface area contributed by atoms with E-state index in [2.05, 4.69) is 25.9 Å². The lowest BCUT2D eigenvalue weighted by molar-refractivity contribution is 0.652. The van der Waals surface area contributed by atoms with Gasteiger partial charge >= 0.3 is 5.69 Å². The van der Waals surface area contributed by atoms with E-state index in [1.165, 1.54) is 4.57 Å². The van der Waals surface area contributed by atoms with Crippen LogP contribution in [0.5, 0.6) is 0 Å². The summed E-state index contributed by atoms with van der Waals surface area (Å²) in [6, 6.07) is 0. The second-order valence-corrected chi connectivity index (χ2v) is 4.23. The predicted molar refractivity (Wildman–Crippen MR) is 63.6 cm³/mol. The van der Waals surface area contributed by atoms with Gasteiger partial charge in [-0.3, -0.25) is 14.3 Å². The lowest BCUT2D eigenvalue weighted by Gasteiger charge is -2.03. The van der Waals surface area contributed by atoms with E-state index in [0.717, 1.165) is 6.42 Å². The summed E-state index contributed by atoms with van der Waals surface area (Å²) in [7, 11) is 1.72. The molecule has 0 aliphatic rings. The van der Waals surface area contributed by atoms with Crippen molar-refractivity contribution in [2.75, 3.05) is 0 Å². The van der Waals surface area contributed by atoms with Crippen molar-refractivity contribution in [2.45, 2.75) is 19.9 Å². The topological polar surface area (TPSA) is 72.7 Å². The molecule has 86 valence electrons. The van der Waals surface area contributed by atoms with Gasteiger partial charge in [-0.25, -0.2) is 9.78 Å². The SMILES string of the molecule is CCCn1c(=O)[nH]c(=O)c2c1nc(Br)n2C. The fourth-order valence-corrected chi connectivity index (χ4v) is 2.00. The van der Waals surface area contributed by atoms with Crippen molar-refractivity contribution in [3.05, 3.63) is 25.6 Å². The number of H-pyrrole nitrogens is 1. The van der Waals surface area contributed by atoms with E-state index in [1.54, 1.807) is 11.6 Å². The first-order valence-corrected chi connectivity index (χ1v) is 5.70. The van der Waals surface area contributed by atoms with Crippen molar-refractivity contribution in [2.24, 2.45) is 7.05 Å². The van der Waals surface area contributed by atoms with Crippen molar-refractivity contribution in [3.8, 4) is 0 Å². The third-order valence-electron chi connectivity index (χ3n) is 2.41. The highest BCUT2D eigenvalue weighted by Gasteiger charge is 2.14. The average molecular weight is 287 g/mol. The van der Waals surface area contributed by atoms with Gasteiger partial charge in [0, 0.05) is 13.6 Å². The Morgan fingerprint density at radius 2 is 2.12 bits per heavy atom. The molecule has 1 N–H and O–H groups in total. The van der Waals surface area contributed by atoms with Crippen molar-refractivity contribution in [3.63, 3.8) is 0 Å². The smallest absolute Gasteiger partial charge is 0.316 e. The summed E-state index contributed by atoms with van der Waals surface area (Å²) < 4.78 is 3.62. The van der Waals surface area contributed by atoms with Crippen LogP contribution in [0.15, 0.2) is 14.3 Å². The Kier molecular flexibility index (Phi) is 2.71. The van der Waals surface area contributed by atoms with Gasteiger partial charge < -0.3 is 4.57 Å². The summed E-state index contributed by atoms with van der Waals surface area (Å²) in [6.45, 7) is 2.50. The van der Waals surface area contributed by atoms with Gasteiger partial charge in [-0.2, -0.15) is 0 Å². The molecule has 7 heteroatoms. The fraction of sp³-hybridized carbons (Fsp3) is 0.444. The number of aryl methyl sites for hydroxylation is 2. The summed E-state index contributed by atoms with van der Waals surface area (Å²) in [6.07, 6.45) is 0.801. The van der Waals surface area contributed by atoms with Crippen LogP contribution in [-0.2, 0) is 13.6 Å². The number of aromatic nitrogens is 4. The van der Waals surface area contributed by atoms with Crippen molar-refractivity contribution in [1.29, 1.82) is 0 Å². The molecule has 0 spiro atoms. The van der Waals surface area contributed by atoms with Crippen LogP contribution in [0.1, 0.15) is 13.3 Å². The molecule has 0 fully saturated rings. The van der Waals surface area contributed by atoms with Gasteiger partial charge in [0.25, 0.3) is 5.56 Å². The molecule has 0 radical (unpaired) electrons. The summed E-state index contributed by atoms with van der Waals surface area (Å²) in [5, 5.41) is 0. The molecule has 2 rings (SSSR count). The zero-order valence-electron chi connectivity index (χ0n) is 8.95. The summed E-state index contributed by atoms with van der Waals surface area (Å²) in [4.78, 5) is 29.7. The van der Waals surface area contributed by atoms with Crippen LogP contribution in [0.25, 0.3) is 11.2 Å². The van der Waals surface area contributed by atoms with E-state index in [0.29, 0.717) is 22.4 Å². The van der Waals surface area contributed by atoms with E-state index < -0.39 is 11.2 Å². The van der Waals surface area contributed by atoms with Crippen molar-refractivity contribution >= 4 is 27.1 Å².